The van der Waals surface area contributed by atoms with Crippen LogP contribution >= 0.6 is 0 Å². The van der Waals surface area contributed by atoms with Crippen LogP contribution in [0.3, 0.4) is 0 Å². The van der Waals surface area contributed by atoms with Crippen LogP contribution in [0.25, 0.3) is 5.69 Å². The fraction of sp³-hybridized carbons (Fsp3) is 0.200. The van der Waals surface area contributed by atoms with Crippen molar-refractivity contribution in [2.24, 2.45) is 0 Å². The molecule has 1 amide bonds. The number of aromatic nitrogens is 1. The monoisotopic (exact) mass is 352 g/mol. The molecule has 0 atom stereocenters. The predicted octanol–water partition coefficient (Wildman–Crippen LogP) is 3.19. The number of amides is 1. The zero-order valence-corrected chi connectivity index (χ0v) is 14.7. The van der Waals surface area contributed by atoms with Crippen molar-refractivity contribution in [3.8, 4) is 5.69 Å². The molecular weight excluding hydrogens is 332 g/mol. The van der Waals surface area contributed by atoms with E-state index in [1.807, 2.05) is 42.1 Å². The molecule has 2 heterocycles. The van der Waals surface area contributed by atoms with E-state index < -0.39 is 5.97 Å². The summed E-state index contributed by atoms with van der Waals surface area (Å²) in [7, 11) is 1.63. The van der Waals surface area contributed by atoms with E-state index >= 15 is 0 Å². The van der Waals surface area contributed by atoms with Crippen molar-refractivity contribution in [1.82, 2.24) is 9.47 Å². The molecule has 0 saturated carbocycles. The van der Waals surface area contributed by atoms with Gasteiger partial charge in [0.1, 0.15) is 5.76 Å². The number of rotatable bonds is 6. The van der Waals surface area contributed by atoms with Crippen molar-refractivity contribution in [3.05, 3.63) is 78.0 Å². The molecule has 0 aliphatic rings. The van der Waals surface area contributed by atoms with Gasteiger partial charge in [0, 0.05) is 25.1 Å². The number of carbonyl (C=O) groups excluding carboxylic acids is 2. The third-order valence-electron chi connectivity index (χ3n) is 4.05. The summed E-state index contributed by atoms with van der Waals surface area (Å²) in [6.45, 7) is 1.98. The fourth-order valence-electron chi connectivity index (χ4n) is 2.55. The Bertz CT molecular complexity index is 883. The zero-order valence-electron chi connectivity index (χ0n) is 14.7. The fourth-order valence-corrected chi connectivity index (χ4v) is 2.55. The number of carbonyl (C=O) groups is 2. The van der Waals surface area contributed by atoms with E-state index in [0.717, 1.165) is 11.3 Å². The quantitative estimate of drug-likeness (QED) is 0.639. The van der Waals surface area contributed by atoms with E-state index in [2.05, 4.69) is 0 Å². The molecule has 6 heteroatoms. The second kappa shape index (κ2) is 7.74. The molecule has 2 aromatic heterocycles. The summed E-state index contributed by atoms with van der Waals surface area (Å²) >= 11 is 0. The second-order valence-electron chi connectivity index (χ2n) is 6.00. The molecule has 0 spiro atoms. The number of likely N-dealkylation sites (N-methyl/N-ethyl adjacent to an activating group) is 1. The maximum absolute atomic E-state index is 12.3. The molecule has 0 bridgehead atoms. The summed E-state index contributed by atoms with van der Waals surface area (Å²) in [6.07, 6.45) is 5.36. The van der Waals surface area contributed by atoms with E-state index in [0.29, 0.717) is 17.9 Å². The molecule has 0 fully saturated rings. The van der Waals surface area contributed by atoms with E-state index in [4.69, 9.17) is 9.15 Å². The van der Waals surface area contributed by atoms with Crippen molar-refractivity contribution in [2.45, 2.75) is 13.5 Å². The summed E-state index contributed by atoms with van der Waals surface area (Å²) in [4.78, 5) is 25.9. The van der Waals surface area contributed by atoms with Crippen LogP contribution in [0.2, 0.25) is 0 Å². The van der Waals surface area contributed by atoms with Crippen LogP contribution in [-0.4, -0.2) is 35.0 Å². The van der Waals surface area contributed by atoms with Crippen LogP contribution in [0.4, 0.5) is 0 Å². The van der Waals surface area contributed by atoms with Gasteiger partial charge in [-0.15, -0.1) is 0 Å². The van der Waals surface area contributed by atoms with Gasteiger partial charge < -0.3 is 18.6 Å². The molecule has 134 valence electrons. The lowest BCUT2D eigenvalue weighted by atomic mass is 10.1. The Morgan fingerprint density at radius 2 is 1.92 bits per heavy atom. The average molecular weight is 352 g/mol. The number of ether oxygens (including phenoxy) is 1. The number of hydrogen-bond donors (Lipinski definition) is 0. The van der Waals surface area contributed by atoms with E-state index in [1.54, 1.807) is 37.6 Å². The highest BCUT2D eigenvalue weighted by Crippen LogP contribution is 2.17. The molecule has 26 heavy (non-hydrogen) atoms. The highest BCUT2D eigenvalue weighted by Gasteiger charge is 2.15. The smallest absolute Gasteiger partial charge is 0.338 e. The van der Waals surface area contributed by atoms with Crippen LogP contribution < -0.4 is 0 Å². The zero-order chi connectivity index (χ0) is 18.5. The van der Waals surface area contributed by atoms with Crippen molar-refractivity contribution < 1.29 is 18.7 Å². The van der Waals surface area contributed by atoms with Gasteiger partial charge in [0.15, 0.2) is 6.61 Å². The number of nitrogens with zero attached hydrogens (tertiary/aromatic N) is 2. The summed E-state index contributed by atoms with van der Waals surface area (Å²) in [5, 5.41) is 0. The van der Waals surface area contributed by atoms with Crippen LogP contribution in [0.5, 0.6) is 0 Å². The van der Waals surface area contributed by atoms with Crippen LogP contribution in [0.15, 0.2) is 65.5 Å². The molecule has 0 saturated heterocycles. The standard InChI is InChI=1S/C20H20N2O4/c1-15-7-8-16(12-18(15)22-9-3-4-10-22)20(24)26-14-19(23)21(2)13-17-6-5-11-25-17/h3-12H,13-14H2,1-2H3. The number of esters is 1. The van der Waals surface area contributed by atoms with Gasteiger partial charge in [-0.3, -0.25) is 4.79 Å². The first-order chi connectivity index (χ1) is 12.5. The van der Waals surface area contributed by atoms with Gasteiger partial charge in [0.05, 0.1) is 18.4 Å². The van der Waals surface area contributed by atoms with Gasteiger partial charge in [0.2, 0.25) is 0 Å². The van der Waals surface area contributed by atoms with Crippen molar-refractivity contribution in [3.63, 3.8) is 0 Å². The van der Waals surface area contributed by atoms with Gasteiger partial charge in [-0.05, 0) is 48.9 Å². The largest absolute Gasteiger partial charge is 0.467 e. The molecule has 1 aromatic carbocycles. The summed E-state index contributed by atoms with van der Waals surface area (Å²) in [6, 6.07) is 12.7. The molecule has 6 nitrogen and oxygen atoms in total. The maximum atomic E-state index is 12.3. The third-order valence-corrected chi connectivity index (χ3v) is 4.05. The Morgan fingerprint density at radius 1 is 1.15 bits per heavy atom. The van der Waals surface area contributed by atoms with Crippen LogP contribution in [0, 0.1) is 6.92 Å². The van der Waals surface area contributed by atoms with E-state index in [1.165, 1.54) is 4.90 Å². The highest BCUT2D eigenvalue weighted by molar-refractivity contribution is 5.92. The van der Waals surface area contributed by atoms with Crippen LogP contribution in [0.1, 0.15) is 21.7 Å². The average Bonchev–Trinajstić information content (AvgIpc) is 3.33. The summed E-state index contributed by atoms with van der Waals surface area (Å²) < 4.78 is 12.3. The Balaban J connectivity index is 1.61. The van der Waals surface area contributed by atoms with Gasteiger partial charge in [-0.25, -0.2) is 4.79 Å². The van der Waals surface area contributed by atoms with Crippen molar-refractivity contribution in [1.29, 1.82) is 0 Å². The maximum Gasteiger partial charge on any atom is 0.338 e. The number of furan rings is 1. The van der Waals surface area contributed by atoms with Gasteiger partial charge in [0.25, 0.3) is 5.91 Å². The molecule has 0 aliphatic carbocycles. The Kier molecular flexibility index (Phi) is 5.22. The molecule has 3 aromatic rings. The topological polar surface area (TPSA) is 64.7 Å². The van der Waals surface area contributed by atoms with Crippen molar-refractivity contribution >= 4 is 11.9 Å². The molecule has 0 unspecified atom stereocenters. The van der Waals surface area contributed by atoms with E-state index in [9.17, 15) is 9.59 Å². The molecule has 3 rings (SSSR count). The first kappa shape index (κ1) is 17.5. The minimum atomic E-state index is -0.529. The minimum absolute atomic E-state index is 0.299. The predicted molar refractivity (Wildman–Crippen MR) is 96.0 cm³/mol. The first-order valence-electron chi connectivity index (χ1n) is 8.22. The number of aryl methyl sites for hydroxylation is 1. The minimum Gasteiger partial charge on any atom is -0.467 e. The molecule has 0 radical (unpaired) electrons. The highest BCUT2D eigenvalue weighted by atomic mass is 16.5. The number of benzene rings is 1. The van der Waals surface area contributed by atoms with E-state index in [-0.39, 0.29) is 12.5 Å². The summed E-state index contributed by atoms with van der Waals surface area (Å²) in [5.74, 6) is -0.160. The molecular formula is C20H20N2O4. The second-order valence-corrected chi connectivity index (χ2v) is 6.00. The van der Waals surface area contributed by atoms with Gasteiger partial charge >= 0.3 is 5.97 Å². The molecule has 0 aliphatic heterocycles. The Labute approximate surface area is 151 Å². The SMILES string of the molecule is Cc1ccc(C(=O)OCC(=O)N(C)Cc2ccco2)cc1-n1cccc1. The van der Waals surface area contributed by atoms with Crippen molar-refractivity contribution in [2.75, 3.05) is 13.7 Å². The summed E-state index contributed by atoms with van der Waals surface area (Å²) in [5.41, 5.74) is 2.33. The Hall–Kier alpha value is -3.28. The first-order valence-corrected chi connectivity index (χ1v) is 8.22. The Morgan fingerprint density at radius 3 is 2.62 bits per heavy atom. The lowest BCUT2D eigenvalue weighted by Crippen LogP contribution is -2.30. The van der Waals surface area contributed by atoms with Crippen LogP contribution in [-0.2, 0) is 16.1 Å². The number of hydrogen-bond acceptors (Lipinski definition) is 4. The van der Waals surface area contributed by atoms with Gasteiger partial charge in [-0.1, -0.05) is 6.07 Å². The van der Waals surface area contributed by atoms with Gasteiger partial charge in [-0.2, -0.15) is 0 Å². The normalized spacial score (nSPS) is 10.5. The third kappa shape index (κ3) is 4.03. The lowest BCUT2D eigenvalue weighted by Gasteiger charge is -2.16. The molecule has 0 N–H and O–H groups in total. The lowest BCUT2D eigenvalue weighted by molar-refractivity contribution is -0.133.